The minimum Gasteiger partial charge on any atom is -0.310 e. The van der Waals surface area contributed by atoms with Crippen molar-refractivity contribution in [2.75, 3.05) is 29.4 Å². The van der Waals surface area contributed by atoms with E-state index in [2.05, 4.69) is 381 Å². The molecule has 2 aliphatic heterocycles. The Bertz CT molecular complexity index is 4830. The Hall–Kier alpha value is -12.3. The molecule has 1 aromatic heterocycles. The molecule has 0 bridgehead atoms. The van der Waals surface area contributed by atoms with Crippen molar-refractivity contribution in [2.45, 2.75) is 19.6 Å². The molecule has 98 heavy (non-hydrogen) atoms. The van der Waals surface area contributed by atoms with Gasteiger partial charge in [-0.15, -0.1) is 0 Å². The van der Waals surface area contributed by atoms with Gasteiger partial charge >= 0.3 is 0 Å². The lowest BCUT2D eigenvalue weighted by atomic mass is 9.97. The molecule has 10 heteroatoms. The third kappa shape index (κ3) is 10.6. The van der Waals surface area contributed by atoms with Gasteiger partial charge in [0.2, 0.25) is 0 Å². The van der Waals surface area contributed by atoms with E-state index in [0.717, 1.165) is 155 Å². The Kier molecular flexibility index (Phi) is 14.9. The molecule has 8 nitrogen and oxygen atoms in total. The van der Waals surface area contributed by atoms with E-state index in [1.54, 1.807) is 0 Å². The lowest BCUT2D eigenvalue weighted by molar-refractivity contribution is 1.15. The molecule has 2 aliphatic rings. The average molecular weight is 1290 g/mol. The van der Waals surface area contributed by atoms with E-state index in [-0.39, 0.29) is 0 Å². The van der Waals surface area contributed by atoms with Crippen LogP contribution in [0.25, 0.3) is 32.6 Å². The predicted molar refractivity (Wildman–Crippen MR) is 411 cm³/mol. The highest BCUT2D eigenvalue weighted by atomic mass is 32.2. The number of fused-ring (bicyclic) bond motifs is 10. The number of anilines is 18. The van der Waals surface area contributed by atoms with Crippen molar-refractivity contribution >= 4 is 158 Å². The summed E-state index contributed by atoms with van der Waals surface area (Å²) in [7, 11) is 0. The molecular formula is C88H60N8S2. The van der Waals surface area contributed by atoms with Crippen molar-refractivity contribution in [2.24, 2.45) is 0 Å². The highest BCUT2D eigenvalue weighted by Crippen LogP contribution is 2.58. The first-order valence-corrected chi connectivity index (χ1v) is 34.5. The monoisotopic (exact) mass is 1290 g/mol. The molecule has 0 amide bonds. The van der Waals surface area contributed by atoms with Crippen LogP contribution < -0.4 is 29.4 Å². The first-order chi connectivity index (χ1) is 48.6. The van der Waals surface area contributed by atoms with Crippen LogP contribution in [0, 0.1) is 0 Å². The van der Waals surface area contributed by atoms with Gasteiger partial charge in [0.1, 0.15) is 0 Å². The molecule has 0 N–H and O–H groups in total. The van der Waals surface area contributed by atoms with E-state index in [0.29, 0.717) is 0 Å². The minimum absolute atomic E-state index is 0.857. The summed E-state index contributed by atoms with van der Waals surface area (Å²) < 4.78 is 0. The van der Waals surface area contributed by atoms with Gasteiger partial charge in [-0.05, 0) is 205 Å². The molecule has 0 fully saturated rings. The van der Waals surface area contributed by atoms with Gasteiger partial charge < -0.3 is 29.4 Å². The Morgan fingerprint density at radius 3 is 0.653 bits per heavy atom. The molecule has 0 radical (unpaired) electrons. The van der Waals surface area contributed by atoms with E-state index in [4.69, 9.17) is 9.97 Å². The second-order valence-electron chi connectivity index (χ2n) is 24.2. The SMILES string of the molecule is c1ccc(N(c2ccccc2)c2ccc3c(c2)Sc2cc(N(c4ccccc4)c4ccccc4)ccc2N3c2ccc3c(c2)c2cc(N4c5ccc(N(c6ccccc6)c6ccccc6)cc5Sc5cc(N(c6ccccc6)c6ccccc6)ccc54)ccc2c2nccnc32)cc1. The van der Waals surface area contributed by atoms with Gasteiger partial charge in [-0.2, -0.15) is 0 Å². The molecule has 0 aliphatic carbocycles. The highest BCUT2D eigenvalue weighted by molar-refractivity contribution is 8.00. The summed E-state index contributed by atoms with van der Waals surface area (Å²) in [6.07, 6.45) is 3.63. The smallest absolute Gasteiger partial charge is 0.0971 e. The Labute approximate surface area is 577 Å². The number of aromatic nitrogens is 2. The summed E-state index contributed by atoms with van der Waals surface area (Å²) in [4.78, 5) is 29.1. The van der Waals surface area contributed by atoms with Crippen molar-refractivity contribution in [3.05, 3.63) is 364 Å². The molecule has 16 aromatic rings. The predicted octanol–water partition coefficient (Wildman–Crippen LogP) is 25.7. The van der Waals surface area contributed by atoms with Crippen LogP contribution in [-0.2, 0) is 0 Å². The number of para-hydroxylation sites is 8. The maximum absolute atomic E-state index is 5.12. The summed E-state index contributed by atoms with van der Waals surface area (Å²) >= 11 is 3.63. The maximum atomic E-state index is 5.12. The van der Waals surface area contributed by atoms with Crippen molar-refractivity contribution in [1.29, 1.82) is 0 Å². The summed E-state index contributed by atoms with van der Waals surface area (Å²) in [6.45, 7) is 0. The number of benzene rings is 15. The maximum Gasteiger partial charge on any atom is 0.0971 e. The van der Waals surface area contributed by atoms with Gasteiger partial charge in [-0.1, -0.05) is 181 Å². The molecule has 0 unspecified atom stereocenters. The van der Waals surface area contributed by atoms with Gasteiger partial charge in [0.15, 0.2) is 0 Å². The van der Waals surface area contributed by atoms with Crippen LogP contribution in [0.3, 0.4) is 0 Å². The van der Waals surface area contributed by atoms with Gasteiger partial charge in [0.05, 0.1) is 33.8 Å². The van der Waals surface area contributed by atoms with E-state index < -0.39 is 0 Å². The van der Waals surface area contributed by atoms with E-state index >= 15 is 0 Å². The van der Waals surface area contributed by atoms with Crippen LogP contribution in [0.1, 0.15) is 0 Å². The molecule has 18 rings (SSSR count). The lowest BCUT2D eigenvalue weighted by Crippen LogP contribution is -2.17. The molecule has 15 aromatic carbocycles. The largest absolute Gasteiger partial charge is 0.310 e. The quantitative estimate of drug-likeness (QED) is 0.0984. The van der Waals surface area contributed by atoms with E-state index in [1.165, 1.54) is 0 Å². The molecule has 3 heterocycles. The fraction of sp³-hybridized carbons (Fsp3) is 0. The summed E-state index contributed by atoms with van der Waals surface area (Å²) in [5.41, 5.74) is 21.0. The van der Waals surface area contributed by atoms with Crippen LogP contribution in [0.15, 0.2) is 384 Å². The Balaban J connectivity index is 0.832. The second kappa shape index (κ2) is 25.1. The number of rotatable bonds is 14. The number of hydrogen-bond donors (Lipinski definition) is 0. The van der Waals surface area contributed by atoms with Crippen LogP contribution >= 0.6 is 23.5 Å². The fourth-order valence-corrected chi connectivity index (χ4v) is 16.3. The van der Waals surface area contributed by atoms with Crippen molar-refractivity contribution in [1.82, 2.24) is 9.97 Å². The van der Waals surface area contributed by atoms with Crippen LogP contribution in [-0.4, -0.2) is 9.97 Å². The highest BCUT2D eigenvalue weighted by Gasteiger charge is 2.32. The van der Waals surface area contributed by atoms with E-state index in [9.17, 15) is 0 Å². The zero-order valence-electron chi connectivity index (χ0n) is 53.0. The Morgan fingerprint density at radius 2 is 0.429 bits per heavy atom. The van der Waals surface area contributed by atoms with Crippen LogP contribution in [0.4, 0.5) is 102 Å². The van der Waals surface area contributed by atoms with Crippen molar-refractivity contribution in [3.8, 4) is 0 Å². The van der Waals surface area contributed by atoms with E-state index in [1.807, 2.05) is 35.9 Å². The average Bonchev–Trinajstić information content (AvgIpc) is 0.731. The summed E-state index contributed by atoms with van der Waals surface area (Å²) in [5, 5.41) is 4.19. The van der Waals surface area contributed by atoms with Crippen LogP contribution in [0.5, 0.6) is 0 Å². The molecule has 0 saturated heterocycles. The minimum atomic E-state index is 0.857. The summed E-state index contributed by atoms with van der Waals surface area (Å²) in [6, 6.07) is 127. The lowest BCUT2D eigenvalue weighted by Gasteiger charge is -2.36. The standard InChI is InChI=1S/C88H60N8S2/c1-9-25-61(26-10-1)91(62-27-11-2-12-28-62)71-43-49-79-83(57-71)97-84-58-72(92(63-29-13-3-14-30-63)64-31-15-4-16-32-64)44-50-80(84)95(79)69-41-47-75-77(55-69)78-56-70(42-48-76(78)88-87(75)89-53-54-90-88)96-81-51-45-73(93(65-33-17-5-18-34-65)66-35-19-6-20-36-66)59-85(81)98-86-60-74(46-52-82(86)96)94(67-37-21-7-22-38-67)68-39-23-8-24-40-68/h1-60H. The first-order valence-electron chi connectivity index (χ1n) is 32.9. The van der Waals surface area contributed by atoms with Crippen molar-refractivity contribution < 1.29 is 0 Å². The molecule has 464 valence electrons. The van der Waals surface area contributed by atoms with Crippen LogP contribution in [0.2, 0.25) is 0 Å². The van der Waals surface area contributed by atoms with Gasteiger partial charge in [0, 0.05) is 122 Å². The van der Waals surface area contributed by atoms with Gasteiger partial charge in [-0.25, -0.2) is 0 Å². The fourth-order valence-electron chi connectivity index (χ4n) is 14.0. The number of nitrogens with zero attached hydrogens (tertiary/aromatic N) is 8. The molecule has 0 saturated carbocycles. The van der Waals surface area contributed by atoms with Gasteiger partial charge in [-0.3, -0.25) is 9.97 Å². The first kappa shape index (κ1) is 58.3. The number of hydrogen-bond acceptors (Lipinski definition) is 10. The molecular weight excluding hydrogens is 1230 g/mol. The zero-order chi connectivity index (χ0) is 64.9. The molecule has 0 atom stereocenters. The zero-order valence-corrected chi connectivity index (χ0v) is 54.7. The summed E-state index contributed by atoms with van der Waals surface area (Å²) in [5.74, 6) is 0. The van der Waals surface area contributed by atoms with Gasteiger partial charge in [0.25, 0.3) is 0 Å². The third-order valence-corrected chi connectivity index (χ3v) is 20.5. The second-order valence-corrected chi connectivity index (χ2v) is 26.4. The normalized spacial score (nSPS) is 12.2. The Morgan fingerprint density at radius 1 is 0.204 bits per heavy atom. The van der Waals surface area contributed by atoms with Crippen molar-refractivity contribution in [3.63, 3.8) is 0 Å². The topological polar surface area (TPSA) is 45.2 Å². The molecule has 0 spiro atoms. The third-order valence-electron chi connectivity index (χ3n) is 18.3.